The van der Waals surface area contributed by atoms with Crippen LogP contribution in [-0.2, 0) is 22.9 Å². The first kappa shape index (κ1) is 23.7. The van der Waals surface area contributed by atoms with Crippen molar-refractivity contribution in [3.05, 3.63) is 68.9 Å². The number of sulfone groups is 1. The fourth-order valence-corrected chi connectivity index (χ4v) is 7.06. The smallest absolute Gasteiger partial charge is 0.270 e. The zero-order valence-electron chi connectivity index (χ0n) is 19.3. The van der Waals surface area contributed by atoms with Crippen LogP contribution in [0.15, 0.2) is 35.1 Å². The SMILES string of the molecule is Cc1ccc(CNC(=O)c2ccc3n(c2=O)CCN(CC2(S(=O)(=O)C4CNC4)CC2)C3=O)cc1F. The van der Waals surface area contributed by atoms with Crippen molar-refractivity contribution in [2.24, 2.45) is 0 Å². The van der Waals surface area contributed by atoms with Gasteiger partial charge in [-0.05, 0) is 49.1 Å². The summed E-state index contributed by atoms with van der Waals surface area (Å²) in [6, 6.07) is 7.38. The second-order valence-electron chi connectivity index (χ2n) is 9.59. The second kappa shape index (κ2) is 8.56. The number of halogens is 1. The standard InChI is InChI=1S/C24H27FN4O5S/c1-15-2-3-16(10-19(15)25)11-27-21(30)18-4-5-20-23(32)28(8-9-29(20)22(18)31)14-24(6-7-24)35(33,34)17-12-26-13-17/h2-5,10,17,26H,6-9,11-14H2,1H3,(H,27,30). The van der Waals surface area contributed by atoms with Crippen LogP contribution < -0.4 is 16.2 Å². The first-order chi connectivity index (χ1) is 16.6. The fraction of sp³-hybridized carbons (Fsp3) is 0.458. The number of aromatic nitrogens is 1. The molecule has 0 atom stereocenters. The lowest BCUT2D eigenvalue weighted by Crippen LogP contribution is -2.57. The van der Waals surface area contributed by atoms with E-state index in [0.29, 0.717) is 37.1 Å². The zero-order valence-corrected chi connectivity index (χ0v) is 20.2. The lowest BCUT2D eigenvalue weighted by atomic mass is 10.1. The minimum atomic E-state index is -3.35. The molecule has 2 aromatic rings. The van der Waals surface area contributed by atoms with Crippen LogP contribution in [0.1, 0.15) is 44.8 Å². The molecule has 2 N–H and O–H groups in total. The lowest BCUT2D eigenvalue weighted by molar-refractivity contribution is 0.0694. The molecule has 0 radical (unpaired) electrons. The van der Waals surface area contributed by atoms with Crippen molar-refractivity contribution >= 4 is 21.7 Å². The van der Waals surface area contributed by atoms with Gasteiger partial charge in [-0.1, -0.05) is 12.1 Å². The molecular formula is C24H27FN4O5S. The summed E-state index contributed by atoms with van der Waals surface area (Å²) >= 11 is 0. The summed E-state index contributed by atoms with van der Waals surface area (Å²) in [5.41, 5.74) is 0.500. The normalized spacial score (nSPS) is 19.1. The predicted molar refractivity (Wildman–Crippen MR) is 126 cm³/mol. The number of fused-ring (bicyclic) bond motifs is 1. The topological polar surface area (TPSA) is 118 Å². The van der Waals surface area contributed by atoms with Crippen LogP contribution in [0.25, 0.3) is 0 Å². The van der Waals surface area contributed by atoms with E-state index in [1.807, 2.05) is 0 Å². The van der Waals surface area contributed by atoms with E-state index in [1.54, 1.807) is 19.1 Å². The van der Waals surface area contributed by atoms with Crippen molar-refractivity contribution in [2.45, 2.75) is 42.9 Å². The Bertz CT molecular complexity index is 1380. The molecule has 0 bridgehead atoms. The largest absolute Gasteiger partial charge is 0.348 e. The molecule has 9 nitrogen and oxygen atoms in total. The number of benzene rings is 1. The van der Waals surface area contributed by atoms with E-state index in [4.69, 9.17) is 0 Å². The van der Waals surface area contributed by atoms with Crippen LogP contribution in [0.3, 0.4) is 0 Å². The van der Waals surface area contributed by atoms with Gasteiger partial charge in [0.25, 0.3) is 17.4 Å². The molecule has 2 aliphatic heterocycles. The maximum Gasteiger partial charge on any atom is 0.270 e. The molecule has 35 heavy (non-hydrogen) atoms. The number of pyridine rings is 1. The molecule has 2 fully saturated rings. The highest BCUT2D eigenvalue weighted by Crippen LogP contribution is 2.47. The molecule has 2 amide bonds. The van der Waals surface area contributed by atoms with E-state index in [1.165, 1.54) is 27.7 Å². The van der Waals surface area contributed by atoms with Crippen LogP contribution in [0.2, 0.25) is 0 Å². The van der Waals surface area contributed by atoms with E-state index in [9.17, 15) is 27.2 Å². The summed E-state index contributed by atoms with van der Waals surface area (Å²) in [6.45, 7) is 3.07. The molecule has 1 aromatic heterocycles. The second-order valence-corrected chi connectivity index (χ2v) is 12.2. The van der Waals surface area contributed by atoms with E-state index >= 15 is 0 Å². The lowest BCUT2D eigenvalue weighted by Gasteiger charge is -2.36. The predicted octanol–water partition coefficient (Wildman–Crippen LogP) is 0.601. The molecule has 5 rings (SSSR count). The van der Waals surface area contributed by atoms with Gasteiger partial charge in [-0.3, -0.25) is 14.4 Å². The molecule has 11 heteroatoms. The number of carbonyl (C=O) groups excluding carboxylic acids is 2. The Morgan fingerprint density at radius 1 is 1.17 bits per heavy atom. The van der Waals surface area contributed by atoms with Crippen LogP contribution in [0.5, 0.6) is 0 Å². The average molecular weight is 503 g/mol. The van der Waals surface area contributed by atoms with Gasteiger partial charge in [-0.2, -0.15) is 0 Å². The van der Waals surface area contributed by atoms with Crippen LogP contribution in [0, 0.1) is 12.7 Å². The van der Waals surface area contributed by atoms with Gasteiger partial charge >= 0.3 is 0 Å². The van der Waals surface area contributed by atoms with E-state index in [0.717, 1.165) is 0 Å². The van der Waals surface area contributed by atoms with Gasteiger partial charge in [0, 0.05) is 39.3 Å². The third-order valence-corrected chi connectivity index (χ3v) is 10.2. The molecule has 3 heterocycles. The Labute approximate surface area is 202 Å². The Kier molecular flexibility index (Phi) is 5.79. The molecule has 0 unspecified atom stereocenters. The summed E-state index contributed by atoms with van der Waals surface area (Å²) < 4.78 is 40.1. The third-order valence-electron chi connectivity index (χ3n) is 7.28. The average Bonchev–Trinajstić information content (AvgIpc) is 3.57. The summed E-state index contributed by atoms with van der Waals surface area (Å²) in [7, 11) is -3.35. The number of hydrogen-bond donors (Lipinski definition) is 2. The number of carbonyl (C=O) groups is 2. The number of rotatable bonds is 7. The Balaban J connectivity index is 1.30. The van der Waals surface area contributed by atoms with Gasteiger partial charge in [-0.25, -0.2) is 12.8 Å². The van der Waals surface area contributed by atoms with Gasteiger partial charge in [0.05, 0.1) is 10.00 Å². The molecule has 1 aromatic carbocycles. The van der Waals surface area contributed by atoms with Crippen molar-refractivity contribution in [2.75, 3.05) is 26.2 Å². The minimum Gasteiger partial charge on any atom is -0.348 e. The van der Waals surface area contributed by atoms with E-state index in [-0.39, 0.29) is 43.3 Å². The van der Waals surface area contributed by atoms with Gasteiger partial charge < -0.3 is 20.1 Å². The van der Waals surface area contributed by atoms with Crippen LogP contribution in [0.4, 0.5) is 4.39 Å². The molecular weight excluding hydrogens is 475 g/mol. The van der Waals surface area contributed by atoms with Crippen molar-refractivity contribution in [3.8, 4) is 0 Å². The van der Waals surface area contributed by atoms with Crippen molar-refractivity contribution in [3.63, 3.8) is 0 Å². The van der Waals surface area contributed by atoms with Crippen LogP contribution in [-0.4, -0.2) is 65.9 Å². The molecule has 0 spiro atoms. The maximum atomic E-state index is 13.7. The molecule has 186 valence electrons. The first-order valence-electron chi connectivity index (χ1n) is 11.6. The van der Waals surface area contributed by atoms with Crippen molar-refractivity contribution in [1.82, 2.24) is 20.1 Å². The first-order valence-corrected chi connectivity index (χ1v) is 13.2. The summed E-state index contributed by atoms with van der Waals surface area (Å²) in [5, 5.41) is 5.20. The van der Waals surface area contributed by atoms with E-state index < -0.39 is 37.2 Å². The zero-order chi connectivity index (χ0) is 25.0. The molecule has 3 aliphatic rings. The highest BCUT2D eigenvalue weighted by molar-refractivity contribution is 7.93. The summed E-state index contributed by atoms with van der Waals surface area (Å²) in [4.78, 5) is 40.3. The molecule has 1 saturated heterocycles. The Morgan fingerprint density at radius 2 is 1.91 bits per heavy atom. The maximum absolute atomic E-state index is 13.7. The van der Waals surface area contributed by atoms with Gasteiger partial charge in [0.2, 0.25) is 0 Å². The summed E-state index contributed by atoms with van der Waals surface area (Å²) in [5.74, 6) is -1.40. The van der Waals surface area contributed by atoms with Crippen molar-refractivity contribution < 1.29 is 22.4 Å². The van der Waals surface area contributed by atoms with Crippen LogP contribution >= 0.6 is 0 Å². The monoisotopic (exact) mass is 502 g/mol. The van der Waals surface area contributed by atoms with Gasteiger partial charge in [-0.15, -0.1) is 0 Å². The number of aryl methyl sites for hydroxylation is 1. The minimum absolute atomic E-state index is 0.0526. The number of amides is 2. The highest BCUT2D eigenvalue weighted by atomic mass is 32.2. The molecule has 1 saturated carbocycles. The number of hydrogen-bond acceptors (Lipinski definition) is 6. The van der Waals surface area contributed by atoms with Gasteiger partial charge in [0.15, 0.2) is 9.84 Å². The fourth-order valence-electron chi connectivity index (χ4n) is 4.67. The Hall–Kier alpha value is -3.05. The van der Waals surface area contributed by atoms with Crippen molar-refractivity contribution in [1.29, 1.82) is 0 Å². The van der Waals surface area contributed by atoms with Gasteiger partial charge in [0.1, 0.15) is 17.1 Å². The number of nitrogens with zero attached hydrogens (tertiary/aromatic N) is 2. The summed E-state index contributed by atoms with van der Waals surface area (Å²) in [6.07, 6.45) is 1.07. The quantitative estimate of drug-likeness (QED) is 0.573. The Morgan fingerprint density at radius 3 is 2.54 bits per heavy atom. The highest BCUT2D eigenvalue weighted by Gasteiger charge is 2.59. The number of nitrogens with one attached hydrogen (secondary N) is 2. The van der Waals surface area contributed by atoms with E-state index in [2.05, 4.69) is 10.6 Å². The third kappa shape index (κ3) is 4.06. The molecule has 1 aliphatic carbocycles.